The molecule has 1 amide bonds. The van der Waals surface area contributed by atoms with Crippen LogP contribution in [0.15, 0.2) is 0 Å². The van der Waals surface area contributed by atoms with E-state index in [9.17, 15) is 9.18 Å². The van der Waals surface area contributed by atoms with E-state index in [1.807, 2.05) is 0 Å². The van der Waals surface area contributed by atoms with Crippen molar-refractivity contribution in [1.29, 1.82) is 0 Å². The van der Waals surface area contributed by atoms with E-state index in [0.717, 1.165) is 0 Å². The van der Waals surface area contributed by atoms with Crippen LogP contribution in [0.2, 0.25) is 0 Å². The molecule has 5 heteroatoms. The number of carbonyl (C=O) groups is 1. The molecule has 0 aromatic carbocycles. The predicted octanol–water partition coefficient (Wildman–Crippen LogP) is 0.793. The summed E-state index contributed by atoms with van der Waals surface area (Å²) >= 11 is 0. The summed E-state index contributed by atoms with van der Waals surface area (Å²) in [4.78, 5) is 10.2. The Morgan fingerprint density at radius 2 is 2.00 bits per heavy atom. The van der Waals surface area contributed by atoms with E-state index < -0.39 is 23.7 Å². The van der Waals surface area contributed by atoms with Gasteiger partial charge in [0.2, 0.25) is 0 Å². The standard InChI is InChI=1S/C8H17FN2O2/c1-8(2,3)6(9)5(10)4-13-7(11)12/h5-6H,4,10H2,1-3H3,(H2,11,12). The van der Waals surface area contributed by atoms with E-state index in [-0.39, 0.29) is 6.61 Å². The molecule has 0 aliphatic heterocycles. The van der Waals surface area contributed by atoms with Crippen LogP contribution in [0.25, 0.3) is 0 Å². The predicted molar refractivity (Wildman–Crippen MR) is 47.9 cm³/mol. The van der Waals surface area contributed by atoms with Crippen LogP contribution in [0.4, 0.5) is 9.18 Å². The highest BCUT2D eigenvalue weighted by Gasteiger charge is 2.30. The third kappa shape index (κ3) is 4.67. The fourth-order valence-electron chi connectivity index (χ4n) is 0.905. The number of hydrogen-bond donors (Lipinski definition) is 2. The Morgan fingerprint density at radius 3 is 2.31 bits per heavy atom. The summed E-state index contributed by atoms with van der Waals surface area (Å²) in [5, 5.41) is 0. The molecule has 13 heavy (non-hydrogen) atoms. The fourth-order valence-corrected chi connectivity index (χ4v) is 0.905. The van der Waals surface area contributed by atoms with E-state index in [1.54, 1.807) is 20.8 Å². The van der Waals surface area contributed by atoms with E-state index in [1.165, 1.54) is 0 Å². The molecule has 0 saturated heterocycles. The lowest BCUT2D eigenvalue weighted by atomic mass is 9.86. The second kappa shape index (κ2) is 4.41. The fraction of sp³-hybridized carbons (Fsp3) is 0.875. The zero-order valence-electron chi connectivity index (χ0n) is 8.21. The van der Waals surface area contributed by atoms with Gasteiger partial charge in [0.15, 0.2) is 0 Å². The SMILES string of the molecule is CC(C)(C)C(F)C(N)COC(N)=O. The lowest BCUT2D eigenvalue weighted by Gasteiger charge is -2.28. The molecular formula is C8H17FN2O2. The number of carbonyl (C=O) groups excluding carboxylic acids is 1. The van der Waals surface area contributed by atoms with Gasteiger partial charge < -0.3 is 16.2 Å². The number of hydrogen-bond acceptors (Lipinski definition) is 3. The van der Waals surface area contributed by atoms with Crippen molar-refractivity contribution >= 4 is 6.09 Å². The minimum atomic E-state index is -1.23. The Hall–Kier alpha value is -0.840. The van der Waals surface area contributed by atoms with Crippen LogP contribution in [0, 0.1) is 5.41 Å². The van der Waals surface area contributed by atoms with Gasteiger partial charge in [-0.05, 0) is 5.41 Å². The van der Waals surface area contributed by atoms with Crippen LogP contribution >= 0.6 is 0 Å². The van der Waals surface area contributed by atoms with Crippen LogP contribution < -0.4 is 11.5 Å². The Balaban J connectivity index is 3.97. The van der Waals surface area contributed by atoms with Crippen LogP contribution in [0.1, 0.15) is 20.8 Å². The normalized spacial score (nSPS) is 16.4. The van der Waals surface area contributed by atoms with Crippen molar-refractivity contribution in [2.75, 3.05) is 6.61 Å². The maximum atomic E-state index is 13.4. The molecule has 0 spiro atoms. The molecule has 0 fully saturated rings. The molecule has 0 radical (unpaired) electrons. The van der Waals surface area contributed by atoms with Crippen molar-refractivity contribution in [1.82, 2.24) is 0 Å². The first kappa shape index (κ1) is 12.2. The number of alkyl halides is 1. The molecule has 0 rings (SSSR count). The Kier molecular flexibility index (Phi) is 4.13. The zero-order valence-corrected chi connectivity index (χ0v) is 8.21. The number of amides is 1. The van der Waals surface area contributed by atoms with E-state index in [2.05, 4.69) is 4.74 Å². The molecule has 2 atom stereocenters. The molecule has 0 heterocycles. The van der Waals surface area contributed by atoms with E-state index in [0.29, 0.717) is 0 Å². The number of primary amides is 1. The van der Waals surface area contributed by atoms with Crippen molar-refractivity contribution in [3.05, 3.63) is 0 Å². The van der Waals surface area contributed by atoms with Crippen molar-refractivity contribution < 1.29 is 13.9 Å². The molecule has 0 bridgehead atoms. The molecule has 0 saturated carbocycles. The number of halogens is 1. The molecule has 0 aliphatic rings. The average molecular weight is 192 g/mol. The number of rotatable bonds is 3. The summed E-state index contributed by atoms with van der Waals surface area (Å²) < 4.78 is 17.8. The largest absolute Gasteiger partial charge is 0.448 e. The van der Waals surface area contributed by atoms with Crippen molar-refractivity contribution in [3.63, 3.8) is 0 Å². The molecule has 4 nitrogen and oxygen atoms in total. The van der Waals surface area contributed by atoms with Gasteiger partial charge in [-0.15, -0.1) is 0 Å². The summed E-state index contributed by atoms with van der Waals surface area (Å²) in [7, 11) is 0. The van der Waals surface area contributed by atoms with Crippen molar-refractivity contribution in [2.24, 2.45) is 16.9 Å². The summed E-state index contributed by atoms with van der Waals surface area (Å²) in [5.74, 6) is 0. The third-order valence-corrected chi connectivity index (χ3v) is 1.62. The maximum Gasteiger partial charge on any atom is 0.404 e. The van der Waals surface area contributed by atoms with Gasteiger partial charge in [0.25, 0.3) is 0 Å². The van der Waals surface area contributed by atoms with Crippen LogP contribution in [0.5, 0.6) is 0 Å². The Morgan fingerprint density at radius 1 is 1.54 bits per heavy atom. The minimum Gasteiger partial charge on any atom is -0.448 e. The maximum absolute atomic E-state index is 13.4. The van der Waals surface area contributed by atoms with Crippen molar-refractivity contribution in [2.45, 2.75) is 33.0 Å². The molecule has 78 valence electrons. The first-order valence-corrected chi connectivity index (χ1v) is 4.07. The highest BCUT2D eigenvalue weighted by Crippen LogP contribution is 2.24. The van der Waals surface area contributed by atoms with Gasteiger partial charge in [-0.25, -0.2) is 9.18 Å². The van der Waals surface area contributed by atoms with Gasteiger partial charge in [-0.3, -0.25) is 0 Å². The molecule has 2 unspecified atom stereocenters. The highest BCUT2D eigenvalue weighted by molar-refractivity contribution is 5.64. The first-order valence-electron chi connectivity index (χ1n) is 4.07. The Bertz CT molecular complexity index is 179. The van der Waals surface area contributed by atoms with Crippen LogP contribution in [0.3, 0.4) is 0 Å². The minimum absolute atomic E-state index is 0.187. The second-order valence-corrected chi connectivity index (χ2v) is 4.06. The summed E-state index contributed by atoms with van der Waals surface area (Å²) in [6.07, 6.45) is -2.16. The molecule has 0 aromatic rings. The van der Waals surface area contributed by atoms with E-state index in [4.69, 9.17) is 11.5 Å². The summed E-state index contributed by atoms with van der Waals surface area (Å²) in [6.45, 7) is 4.99. The average Bonchev–Trinajstić information content (AvgIpc) is 1.96. The molecule has 0 aliphatic carbocycles. The summed E-state index contributed by atoms with van der Waals surface area (Å²) in [5.41, 5.74) is 9.60. The van der Waals surface area contributed by atoms with Gasteiger partial charge in [-0.2, -0.15) is 0 Å². The quantitative estimate of drug-likeness (QED) is 0.694. The lowest BCUT2D eigenvalue weighted by Crippen LogP contribution is -2.44. The van der Waals surface area contributed by atoms with Gasteiger partial charge in [-0.1, -0.05) is 20.8 Å². The lowest BCUT2D eigenvalue weighted by molar-refractivity contribution is 0.0848. The first-order chi connectivity index (χ1) is 5.75. The van der Waals surface area contributed by atoms with Crippen molar-refractivity contribution in [3.8, 4) is 0 Å². The smallest absolute Gasteiger partial charge is 0.404 e. The molecule has 0 aromatic heterocycles. The third-order valence-electron chi connectivity index (χ3n) is 1.62. The van der Waals surface area contributed by atoms with E-state index >= 15 is 0 Å². The summed E-state index contributed by atoms with van der Waals surface area (Å²) in [6, 6.07) is -0.826. The van der Waals surface area contributed by atoms with Gasteiger partial charge in [0, 0.05) is 0 Å². The second-order valence-electron chi connectivity index (χ2n) is 4.06. The highest BCUT2D eigenvalue weighted by atomic mass is 19.1. The topological polar surface area (TPSA) is 78.3 Å². The van der Waals surface area contributed by atoms with Crippen LogP contribution in [-0.2, 0) is 4.74 Å². The van der Waals surface area contributed by atoms with Gasteiger partial charge in [0.05, 0.1) is 6.04 Å². The zero-order chi connectivity index (χ0) is 10.6. The monoisotopic (exact) mass is 192 g/mol. The molecular weight excluding hydrogens is 175 g/mol. The van der Waals surface area contributed by atoms with Gasteiger partial charge >= 0.3 is 6.09 Å². The number of ether oxygens (including phenoxy) is 1. The number of nitrogens with two attached hydrogens (primary N) is 2. The van der Waals surface area contributed by atoms with Gasteiger partial charge in [0.1, 0.15) is 12.8 Å². The molecule has 4 N–H and O–H groups in total. The van der Waals surface area contributed by atoms with Crippen LogP contribution in [-0.4, -0.2) is 24.9 Å². The Labute approximate surface area is 77.4 Å².